The summed E-state index contributed by atoms with van der Waals surface area (Å²) in [5.41, 5.74) is 0.964. The van der Waals surface area contributed by atoms with E-state index in [0.717, 1.165) is 16.0 Å². The average Bonchev–Trinajstić information content (AvgIpc) is 3.21. The van der Waals surface area contributed by atoms with Crippen LogP contribution in [0, 0.1) is 0 Å². The summed E-state index contributed by atoms with van der Waals surface area (Å²) in [5, 5.41) is 0.520. The van der Waals surface area contributed by atoms with Crippen LogP contribution in [-0.4, -0.2) is 86.9 Å². The fourth-order valence-corrected chi connectivity index (χ4v) is 5.23. The van der Waals surface area contributed by atoms with Crippen LogP contribution in [0.2, 0.25) is 5.02 Å². The molecule has 2 aromatic carbocycles. The van der Waals surface area contributed by atoms with Gasteiger partial charge in [-0.1, -0.05) is 22.9 Å². The third-order valence-corrected chi connectivity index (χ3v) is 7.38. The van der Waals surface area contributed by atoms with Crippen molar-refractivity contribution in [2.24, 2.45) is 0 Å². The molecule has 0 unspecified atom stereocenters. The number of hydrogen-bond acceptors (Lipinski definition) is 9. The number of benzene rings is 2. The number of thiazole rings is 1. The average molecular weight is 550 g/mol. The van der Waals surface area contributed by atoms with Gasteiger partial charge in [-0.15, -0.1) is 0 Å². The minimum Gasteiger partial charge on any atom is -0.493 e. The molecule has 0 bridgehead atoms. The van der Waals surface area contributed by atoms with Crippen molar-refractivity contribution in [1.29, 1.82) is 0 Å². The minimum absolute atomic E-state index is 0.0222. The van der Waals surface area contributed by atoms with Crippen LogP contribution < -0.4 is 19.1 Å². The third kappa shape index (κ3) is 6.00. The van der Waals surface area contributed by atoms with Crippen LogP contribution in [0.1, 0.15) is 10.4 Å². The topological polar surface area (TPSA) is 99.5 Å². The molecule has 0 aliphatic carbocycles. The van der Waals surface area contributed by atoms with E-state index < -0.39 is 5.97 Å². The number of methoxy groups -OCH3 is 3. The summed E-state index contributed by atoms with van der Waals surface area (Å²) in [6.45, 7) is 3.03. The summed E-state index contributed by atoms with van der Waals surface area (Å²) >= 11 is 7.18. The number of nitrogens with zero attached hydrogens (tertiary/aromatic N) is 3. The first-order chi connectivity index (χ1) is 17.8. The van der Waals surface area contributed by atoms with E-state index in [1.807, 2.05) is 0 Å². The van der Waals surface area contributed by atoms with Gasteiger partial charge in [0.25, 0.3) is 0 Å². The second-order valence-electron chi connectivity index (χ2n) is 8.34. The summed E-state index contributed by atoms with van der Waals surface area (Å²) in [6, 6.07) is 8.32. The van der Waals surface area contributed by atoms with E-state index in [4.69, 9.17) is 30.5 Å². The smallest absolute Gasteiger partial charge is 0.338 e. The number of carbonyl (C=O) groups is 2. The van der Waals surface area contributed by atoms with Gasteiger partial charge in [0, 0.05) is 37.7 Å². The van der Waals surface area contributed by atoms with Gasteiger partial charge in [0.05, 0.1) is 37.1 Å². The Labute approximate surface area is 222 Å². The fraction of sp³-hybridized carbons (Fsp3) is 0.400. The lowest BCUT2D eigenvalue weighted by molar-refractivity contribution is -0.133. The van der Waals surface area contributed by atoms with Crippen LogP contribution in [0.5, 0.6) is 17.2 Å². The van der Waals surface area contributed by atoms with Crippen LogP contribution in [0.15, 0.2) is 35.1 Å². The predicted octanol–water partition coefficient (Wildman–Crippen LogP) is 2.74. The van der Waals surface area contributed by atoms with Crippen LogP contribution >= 0.6 is 22.9 Å². The van der Waals surface area contributed by atoms with Crippen LogP contribution in [0.4, 0.5) is 0 Å². The van der Waals surface area contributed by atoms with Crippen LogP contribution in [0.25, 0.3) is 10.2 Å². The lowest BCUT2D eigenvalue weighted by atomic mass is 10.2. The van der Waals surface area contributed by atoms with Gasteiger partial charge in [-0.05, 0) is 30.3 Å². The van der Waals surface area contributed by atoms with Crippen molar-refractivity contribution in [3.8, 4) is 17.2 Å². The number of esters is 1. The van der Waals surface area contributed by atoms with Gasteiger partial charge in [-0.25, -0.2) is 4.79 Å². The molecular formula is C25H28ClN3O7S. The van der Waals surface area contributed by atoms with E-state index in [1.165, 1.54) is 25.9 Å². The molecule has 2 heterocycles. The van der Waals surface area contributed by atoms with E-state index in [-0.39, 0.29) is 23.9 Å². The Morgan fingerprint density at radius 1 is 0.973 bits per heavy atom. The zero-order chi connectivity index (χ0) is 26.5. The van der Waals surface area contributed by atoms with E-state index >= 15 is 0 Å². The van der Waals surface area contributed by atoms with Gasteiger partial charge >= 0.3 is 10.8 Å². The zero-order valence-electron chi connectivity index (χ0n) is 20.8. The second kappa shape index (κ2) is 11.8. The van der Waals surface area contributed by atoms with Crippen molar-refractivity contribution in [3.63, 3.8) is 0 Å². The molecule has 0 radical (unpaired) electrons. The Morgan fingerprint density at radius 2 is 1.65 bits per heavy atom. The molecule has 3 aromatic rings. The van der Waals surface area contributed by atoms with E-state index in [1.54, 1.807) is 35.2 Å². The first kappa shape index (κ1) is 26.8. The third-order valence-electron chi connectivity index (χ3n) is 6.19. The van der Waals surface area contributed by atoms with Crippen LogP contribution in [0.3, 0.4) is 0 Å². The first-order valence-corrected chi connectivity index (χ1v) is 12.8. The maximum atomic E-state index is 12.9. The SMILES string of the molecule is COc1cc(C(=O)OCCN2CCN(C(=O)Cn3c(=O)sc4ccc(Cl)cc43)CC2)cc(OC)c1OC. The largest absolute Gasteiger partial charge is 0.493 e. The Balaban J connectivity index is 1.27. The molecule has 1 amide bonds. The standard InChI is InChI=1S/C25H28ClN3O7S/c1-33-19-12-16(13-20(34-2)23(19)35-3)24(31)36-11-10-27-6-8-28(9-7-27)22(30)15-29-18-14-17(26)4-5-21(18)37-25(29)32/h4-5,12-14H,6-11,15H2,1-3H3. The molecule has 1 aliphatic heterocycles. The molecule has 4 rings (SSSR count). The highest BCUT2D eigenvalue weighted by Crippen LogP contribution is 2.38. The zero-order valence-corrected chi connectivity index (χ0v) is 22.4. The second-order valence-corrected chi connectivity index (χ2v) is 9.77. The predicted molar refractivity (Wildman–Crippen MR) is 140 cm³/mol. The Kier molecular flexibility index (Phi) is 8.57. The van der Waals surface area contributed by atoms with Crippen LogP contribution in [-0.2, 0) is 16.1 Å². The Morgan fingerprint density at radius 3 is 2.27 bits per heavy atom. The highest BCUT2D eigenvalue weighted by molar-refractivity contribution is 7.16. The number of piperazine rings is 1. The molecule has 198 valence electrons. The molecule has 1 fully saturated rings. The molecule has 0 saturated carbocycles. The number of aromatic nitrogens is 1. The Bertz CT molecular complexity index is 1320. The van der Waals surface area contributed by atoms with Crippen molar-refractivity contribution in [3.05, 3.63) is 50.6 Å². The molecule has 0 atom stereocenters. The fourth-order valence-electron chi connectivity index (χ4n) is 4.19. The molecule has 10 nitrogen and oxygen atoms in total. The highest BCUT2D eigenvalue weighted by Gasteiger charge is 2.23. The van der Waals surface area contributed by atoms with Gasteiger partial charge in [0.1, 0.15) is 13.2 Å². The number of amides is 1. The quantitative estimate of drug-likeness (QED) is 0.376. The summed E-state index contributed by atoms with van der Waals surface area (Å²) in [5.74, 6) is 0.525. The normalized spacial score (nSPS) is 14.0. The minimum atomic E-state index is -0.499. The summed E-state index contributed by atoms with van der Waals surface area (Å²) in [6.07, 6.45) is 0. The van der Waals surface area contributed by atoms with Gasteiger partial charge in [-0.3, -0.25) is 19.1 Å². The molecular weight excluding hydrogens is 522 g/mol. The van der Waals surface area contributed by atoms with Gasteiger partial charge in [0.2, 0.25) is 11.7 Å². The lowest BCUT2D eigenvalue weighted by Gasteiger charge is -2.34. The molecule has 1 aliphatic rings. The van der Waals surface area contributed by atoms with Crippen molar-refractivity contribution in [2.45, 2.75) is 6.54 Å². The van der Waals surface area contributed by atoms with Crippen molar-refractivity contribution in [1.82, 2.24) is 14.4 Å². The molecule has 12 heteroatoms. The van der Waals surface area contributed by atoms with E-state index in [0.29, 0.717) is 66.1 Å². The number of hydrogen-bond donors (Lipinski definition) is 0. The highest BCUT2D eigenvalue weighted by atomic mass is 35.5. The first-order valence-electron chi connectivity index (χ1n) is 11.6. The van der Waals surface area contributed by atoms with E-state index in [2.05, 4.69) is 4.90 Å². The number of rotatable bonds is 9. The maximum absolute atomic E-state index is 12.9. The monoisotopic (exact) mass is 549 g/mol. The number of fused-ring (bicyclic) bond motifs is 1. The summed E-state index contributed by atoms with van der Waals surface area (Å²) in [4.78, 5) is 41.5. The van der Waals surface area contributed by atoms with Gasteiger partial charge in [0.15, 0.2) is 11.5 Å². The molecule has 1 aromatic heterocycles. The molecule has 0 N–H and O–H groups in total. The van der Waals surface area contributed by atoms with Crippen molar-refractivity contribution in [2.75, 3.05) is 60.7 Å². The van der Waals surface area contributed by atoms with Crippen molar-refractivity contribution >= 4 is 45.0 Å². The number of halogens is 1. The summed E-state index contributed by atoms with van der Waals surface area (Å²) in [7, 11) is 4.45. The van der Waals surface area contributed by atoms with Gasteiger partial charge < -0.3 is 23.8 Å². The van der Waals surface area contributed by atoms with Gasteiger partial charge in [-0.2, -0.15) is 0 Å². The molecule has 37 heavy (non-hydrogen) atoms. The molecule has 0 spiro atoms. The number of ether oxygens (including phenoxy) is 4. The summed E-state index contributed by atoms with van der Waals surface area (Å²) < 4.78 is 23.6. The number of carbonyl (C=O) groups excluding carboxylic acids is 2. The molecule has 1 saturated heterocycles. The lowest BCUT2D eigenvalue weighted by Crippen LogP contribution is -2.50. The Hall–Kier alpha value is -3.28. The van der Waals surface area contributed by atoms with E-state index in [9.17, 15) is 14.4 Å². The maximum Gasteiger partial charge on any atom is 0.338 e. The van der Waals surface area contributed by atoms with Crippen molar-refractivity contribution < 1.29 is 28.5 Å².